The lowest BCUT2D eigenvalue weighted by Gasteiger charge is -1.95. The van der Waals surface area contributed by atoms with E-state index in [1.807, 2.05) is 38.1 Å². The maximum Gasteiger partial charge on any atom is 0.0694 e. The minimum absolute atomic E-state index is 0.887. The number of rotatable bonds is 2. The van der Waals surface area contributed by atoms with Crippen molar-refractivity contribution in [1.29, 1.82) is 0 Å². The van der Waals surface area contributed by atoms with Crippen molar-refractivity contribution in [2.75, 3.05) is 0 Å². The highest BCUT2D eigenvalue weighted by Crippen LogP contribution is 2.17. The second-order valence-corrected chi connectivity index (χ2v) is 2.63. The normalized spacial score (nSPS) is 7.47. The van der Waals surface area contributed by atoms with Gasteiger partial charge in [-0.15, -0.1) is 0 Å². The highest BCUT2D eigenvalue weighted by molar-refractivity contribution is 5.64. The zero-order chi connectivity index (χ0) is 12.1. The van der Waals surface area contributed by atoms with Crippen LogP contribution in [0.1, 0.15) is 39.7 Å². The SMILES string of the molecule is C=Cc1ccccc1N=C.CC.CCC. The highest BCUT2D eigenvalue weighted by Gasteiger charge is 1.90. The van der Waals surface area contributed by atoms with Crippen molar-refractivity contribution in [3.63, 3.8) is 0 Å². The summed E-state index contributed by atoms with van der Waals surface area (Å²) in [5, 5.41) is 0. The number of para-hydroxylation sites is 1. The van der Waals surface area contributed by atoms with Crippen molar-refractivity contribution >= 4 is 18.5 Å². The third kappa shape index (κ3) is 7.68. The zero-order valence-electron chi connectivity index (χ0n) is 10.5. The summed E-state index contributed by atoms with van der Waals surface area (Å²) in [7, 11) is 0. The van der Waals surface area contributed by atoms with E-state index < -0.39 is 0 Å². The predicted octanol–water partition coefficient (Wildman–Crippen LogP) is 5.10. The molecule has 0 saturated carbocycles. The quantitative estimate of drug-likeness (QED) is 0.595. The second kappa shape index (κ2) is 12.6. The summed E-state index contributed by atoms with van der Waals surface area (Å²) in [5.74, 6) is 0. The Balaban J connectivity index is 0. The van der Waals surface area contributed by atoms with Gasteiger partial charge in [-0.3, -0.25) is 4.99 Å². The average molecular weight is 205 g/mol. The summed E-state index contributed by atoms with van der Waals surface area (Å²) in [6.45, 7) is 15.3. The first-order valence-electron chi connectivity index (χ1n) is 5.48. The fourth-order valence-electron chi connectivity index (χ4n) is 0.804. The van der Waals surface area contributed by atoms with Crippen molar-refractivity contribution < 1.29 is 0 Å². The molecule has 1 heteroatoms. The van der Waals surface area contributed by atoms with Gasteiger partial charge in [-0.05, 0) is 18.3 Å². The molecule has 0 saturated heterocycles. The molecule has 0 fully saturated rings. The summed E-state index contributed by atoms with van der Waals surface area (Å²) in [6.07, 6.45) is 3.02. The molecule has 0 aliphatic heterocycles. The largest absolute Gasteiger partial charge is 0.264 e. The van der Waals surface area contributed by atoms with E-state index in [0.717, 1.165) is 11.3 Å². The fourth-order valence-corrected chi connectivity index (χ4v) is 0.804. The van der Waals surface area contributed by atoms with Crippen molar-refractivity contribution in [3.8, 4) is 0 Å². The van der Waals surface area contributed by atoms with Gasteiger partial charge in [0.25, 0.3) is 0 Å². The monoisotopic (exact) mass is 205 g/mol. The molecular formula is C14H23N. The number of nitrogens with zero attached hydrogens (tertiary/aromatic N) is 1. The minimum atomic E-state index is 0.887. The number of benzene rings is 1. The number of aliphatic imine (C=N–C) groups is 1. The van der Waals surface area contributed by atoms with Crippen LogP contribution >= 0.6 is 0 Å². The van der Waals surface area contributed by atoms with E-state index in [0.29, 0.717) is 0 Å². The van der Waals surface area contributed by atoms with Gasteiger partial charge in [0.2, 0.25) is 0 Å². The van der Waals surface area contributed by atoms with Crippen molar-refractivity contribution in [2.45, 2.75) is 34.1 Å². The molecule has 1 nitrogen and oxygen atoms in total. The molecule has 0 aromatic heterocycles. The van der Waals surface area contributed by atoms with Gasteiger partial charge in [0.15, 0.2) is 0 Å². The molecule has 1 rings (SSSR count). The van der Waals surface area contributed by atoms with Crippen LogP contribution in [0.5, 0.6) is 0 Å². The molecular weight excluding hydrogens is 182 g/mol. The van der Waals surface area contributed by atoms with Crippen molar-refractivity contribution in [3.05, 3.63) is 36.4 Å². The van der Waals surface area contributed by atoms with Gasteiger partial charge in [0.1, 0.15) is 0 Å². The van der Waals surface area contributed by atoms with E-state index in [4.69, 9.17) is 0 Å². The van der Waals surface area contributed by atoms with Crippen LogP contribution in [-0.2, 0) is 0 Å². The molecule has 0 unspecified atom stereocenters. The minimum Gasteiger partial charge on any atom is -0.264 e. The van der Waals surface area contributed by atoms with E-state index in [2.05, 4.69) is 32.1 Å². The van der Waals surface area contributed by atoms with Crippen LogP contribution in [0, 0.1) is 0 Å². The number of hydrogen-bond acceptors (Lipinski definition) is 1. The maximum absolute atomic E-state index is 3.82. The Bertz CT molecular complexity index is 237. The topological polar surface area (TPSA) is 12.4 Å². The first-order chi connectivity index (χ1) is 7.29. The second-order valence-electron chi connectivity index (χ2n) is 2.63. The first-order valence-corrected chi connectivity index (χ1v) is 5.48. The Morgan fingerprint density at radius 2 is 1.67 bits per heavy atom. The van der Waals surface area contributed by atoms with Gasteiger partial charge in [0, 0.05) is 0 Å². The van der Waals surface area contributed by atoms with Gasteiger partial charge >= 0.3 is 0 Å². The Morgan fingerprint density at radius 1 is 1.20 bits per heavy atom. The summed E-state index contributed by atoms with van der Waals surface area (Å²) in [4.78, 5) is 3.82. The molecule has 0 bridgehead atoms. The fraction of sp³-hybridized carbons (Fsp3) is 0.357. The van der Waals surface area contributed by atoms with Gasteiger partial charge in [-0.2, -0.15) is 0 Å². The predicted molar refractivity (Wildman–Crippen MR) is 73.1 cm³/mol. The van der Waals surface area contributed by atoms with Gasteiger partial charge in [0.05, 0.1) is 5.69 Å². The Hall–Kier alpha value is -1.37. The van der Waals surface area contributed by atoms with Crippen LogP contribution in [-0.4, -0.2) is 6.72 Å². The summed E-state index contributed by atoms with van der Waals surface area (Å²) in [6, 6.07) is 7.74. The maximum atomic E-state index is 3.82. The molecule has 15 heavy (non-hydrogen) atoms. The summed E-state index contributed by atoms with van der Waals surface area (Å²) < 4.78 is 0. The molecule has 0 amide bonds. The van der Waals surface area contributed by atoms with E-state index in [1.54, 1.807) is 6.08 Å². The zero-order valence-corrected chi connectivity index (χ0v) is 10.5. The van der Waals surface area contributed by atoms with Gasteiger partial charge in [-0.1, -0.05) is 65.0 Å². The molecule has 1 aromatic rings. The molecule has 0 heterocycles. The lowest BCUT2D eigenvalue weighted by Crippen LogP contribution is -1.70. The van der Waals surface area contributed by atoms with Crippen LogP contribution in [0.2, 0.25) is 0 Å². The summed E-state index contributed by atoms with van der Waals surface area (Å²) >= 11 is 0. The van der Waals surface area contributed by atoms with Crippen molar-refractivity contribution in [1.82, 2.24) is 0 Å². The molecule has 0 N–H and O–H groups in total. The Labute approximate surface area is 94.6 Å². The average Bonchev–Trinajstić information content (AvgIpc) is 2.32. The molecule has 1 aromatic carbocycles. The highest BCUT2D eigenvalue weighted by atomic mass is 14.7. The molecule has 0 atom stereocenters. The third-order valence-corrected chi connectivity index (χ3v) is 1.33. The van der Waals surface area contributed by atoms with Gasteiger partial charge in [-0.25, -0.2) is 0 Å². The standard InChI is InChI=1S/C9H9N.C3H8.C2H6/c1-3-8-6-4-5-7-9(8)10-2;1-3-2;1-2/h3-7H,1-2H2;3H2,1-2H3;1-2H3. The smallest absolute Gasteiger partial charge is 0.0694 e. The molecule has 0 aliphatic rings. The van der Waals surface area contributed by atoms with E-state index in [9.17, 15) is 0 Å². The van der Waals surface area contributed by atoms with Crippen LogP contribution < -0.4 is 0 Å². The van der Waals surface area contributed by atoms with Crippen molar-refractivity contribution in [2.24, 2.45) is 4.99 Å². The van der Waals surface area contributed by atoms with Crippen LogP contribution in [0.3, 0.4) is 0 Å². The van der Waals surface area contributed by atoms with E-state index in [1.165, 1.54) is 6.42 Å². The molecule has 0 radical (unpaired) electrons. The third-order valence-electron chi connectivity index (χ3n) is 1.33. The molecule has 0 spiro atoms. The van der Waals surface area contributed by atoms with Gasteiger partial charge < -0.3 is 0 Å². The Kier molecular flexibility index (Phi) is 13.5. The lowest BCUT2D eigenvalue weighted by molar-refractivity contribution is 1.09. The van der Waals surface area contributed by atoms with Crippen LogP contribution in [0.4, 0.5) is 5.69 Å². The number of hydrogen-bond donors (Lipinski definition) is 0. The van der Waals surface area contributed by atoms with Crippen LogP contribution in [0.25, 0.3) is 6.08 Å². The molecule has 0 aliphatic carbocycles. The van der Waals surface area contributed by atoms with Crippen LogP contribution in [0.15, 0.2) is 35.8 Å². The molecule has 84 valence electrons. The van der Waals surface area contributed by atoms with E-state index in [-0.39, 0.29) is 0 Å². The van der Waals surface area contributed by atoms with E-state index >= 15 is 0 Å². The first kappa shape index (κ1) is 16.1. The Morgan fingerprint density at radius 3 is 2.00 bits per heavy atom. The summed E-state index contributed by atoms with van der Waals surface area (Å²) in [5.41, 5.74) is 1.91. The lowest BCUT2D eigenvalue weighted by atomic mass is 10.2.